The summed E-state index contributed by atoms with van der Waals surface area (Å²) in [5, 5.41) is 12.5. The number of guanidine groups is 1. The van der Waals surface area contributed by atoms with Crippen LogP contribution in [0.3, 0.4) is 0 Å². The lowest BCUT2D eigenvalue weighted by atomic mass is 10.0. The van der Waals surface area contributed by atoms with Gasteiger partial charge in [-0.3, -0.25) is 10.2 Å². The molecule has 0 aliphatic heterocycles. The Morgan fingerprint density at radius 2 is 2.07 bits per heavy atom. The Kier molecular flexibility index (Phi) is 7.40. The van der Waals surface area contributed by atoms with Crippen LogP contribution in [0.5, 0.6) is 0 Å². The number of rotatable bonds is 7. The van der Waals surface area contributed by atoms with Gasteiger partial charge in [0.25, 0.3) is 0 Å². The van der Waals surface area contributed by atoms with Crippen molar-refractivity contribution in [3.63, 3.8) is 0 Å². The highest BCUT2D eigenvalue weighted by atomic mass is 16.1. The van der Waals surface area contributed by atoms with E-state index in [0.29, 0.717) is 13.1 Å². The van der Waals surface area contributed by atoms with Gasteiger partial charge in [0.1, 0.15) is 0 Å². The minimum atomic E-state index is 0.00627. The molecule has 0 spiro atoms. The summed E-state index contributed by atoms with van der Waals surface area (Å²) in [6, 6.07) is 0. The lowest BCUT2D eigenvalue weighted by Gasteiger charge is -2.10. The molecule has 5 nitrogen and oxygen atoms in total. The molecule has 1 unspecified atom stereocenters. The molecule has 0 bridgehead atoms. The second kappa shape index (κ2) is 8.08. The fraction of sp³-hybridized carbons (Fsp3) is 0.800. The first-order valence-electron chi connectivity index (χ1n) is 5.43. The Labute approximate surface area is 91.3 Å². The number of hydrogen-bond acceptors (Lipinski definition) is 2. The Bertz CT molecular complexity index is 206. The number of nitrogens with two attached hydrogens (primary N) is 1. The molecule has 15 heavy (non-hydrogen) atoms. The lowest BCUT2D eigenvalue weighted by molar-refractivity contribution is -0.124. The first-order chi connectivity index (χ1) is 7.07. The minimum absolute atomic E-state index is 0.00627. The highest BCUT2D eigenvalue weighted by molar-refractivity contribution is 5.78. The minimum Gasteiger partial charge on any atom is -0.370 e. The third-order valence-corrected chi connectivity index (χ3v) is 2.18. The van der Waals surface area contributed by atoms with Crippen LogP contribution in [0.15, 0.2) is 0 Å². The van der Waals surface area contributed by atoms with Gasteiger partial charge < -0.3 is 16.4 Å². The van der Waals surface area contributed by atoms with E-state index in [1.807, 2.05) is 13.8 Å². The molecule has 0 aromatic rings. The van der Waals surface area contributed by atoms with Crippen molar-refractivity contribution < 1.29 is 4.79 Å². The van der Waals surface area contributed by atoms with Crippen molar-refractivity contribution in [2.45, 2.75) is 33.1 Å². The van der Waals surface area contributed by atoms with Crippen LogP contribution in [-0.2, 0) is 4.79 Å². The van der Waals surface area contributed by atoms with E-state index in [2.05, 4.69) is 10.6 Å². The quantitative estimate of drug-likeness (QED) is 0.281. The topological polar surface area (TPSA) is 91.0 Å². The van der Waals surface area contributed by atoms with Crippen LogP contribution in [0.25, 0.3) is 0 Å². The summed E-state index contributed by atoms with van der Waals surface area (Å²) in [5.74, 6) is 0.200. The predicted octanol–water partition coefficient (Wildman–Crippen LogP) is 0.412. The van der Waals surface area contributed by atoms with Gasteiger partial charge in [0.2, 0.25) is 5.91 Å². The maximum atomic E-state index is 11.3. The summed E-state index contributed by atoms with van der Waals surface area (Å²) in [7, 11) is 0. The molecule has 0 aliphatic rings. The molecule has 0 aliphatic carbocycles. The molecule has 5 N–H and O–H groups in total. The molecular formula is C10H22N4O. The number of carbonyl (C=O) groups is 1. The van der Waals surface area contributed by atoms with Crippen molar-refractivity contribution in [3.8, 4) is 0 Å². The summed E-state index contributed by atoms with van der Waals surface area (Å²) in [5.41, 5.74) is 5.13. The molecule has 0 aromatic heterocycles. The lowest BCUT2D eigenvalue weighted by Crippen LogP contribution is -2.31. The van der Waals surface area contributed by atoms with Gasteiger partial charge in [-0.05, 0) is 19.8 Å². The highest BCUT2D eigenvalue weighted by Crippen LogP contribution is 2.07. The Balaban J connectivity index is 3.42. The average Bonchev–Trinajstić information content (AvgIpc) is 2.16. The monoisotopic (exact) mass is 214 g/mol. The Hall–Kier alpha value is -1.26. The molecule has 0 saturated carbocycles. The van der Waals surface area contributed by atoms with Crippen molar-refractivity contribution in [2.75, 3.05) is 13.1 Å². The molecule has 1 amide bonds. The van der Waals surface area contributed by atoms with Gasteiger partial charge in [-0.2, -0.15) is 0 Å². The summed E-state index contributed by atoms with van der Waals surface area (Å²) >= 11 is 0. The highest BCUT2D eigenvalue weighted by Gasteiger charge is 2.10. The van der Waals surface area contributed by atoms with Crippen LogP contribution in [0.1, 0.15) is 33.1 Å². The van der Waals surface area contributed by atoms with Crippen molar-refractivity contribution >= 4 is 11.9 Å². The second-order valence-corrected chi connectivity index (χ2v) is 3.63. The number of carbonyl (C=O) groups excluding carboxylic acids is 1. The molecule has 0 saturated heterocycles. The molecule has 88 valence electrons. The van der Waals surface area contributed by atoms with Gasteiger partial charge >= 0.3 is 0 Å². The number of nitrogens with one attached hydrogen (secondary N) is 3. The van der Waals surface area contributed by atoms with Gasteiger partial charge in [0.15, 0.2) is 5.96 Å². The fourth-order valence-corrected chi connectivity index (χ4v) is 1.28. The van der Waals surface area contributed by atoms with E-state index in [0.717, 1.165) is 19.3 Å². The van der Waals surface area contributed by atoms with E-state index >= 15 is 0 Å². The largest absolute Gasteiger partial charge is 0.370 e. The van der Waals surface area contributed by atoms with Gasteiger partial charge in [-0.25, -0.2) is 0 Å². The standard InChI is InChI=1S/C10H22N4O/c1-3-13-9(15)8(2)6-4-5-7-14-10(11)12/h8H,3-7H2,1-2H3,(H,13,15)(H4,11,12,14). The van der Waals surface area contributed by atoms with Crippen LogP contribution in [0.2, 0.25) is 0 Å². The predicted molar refractivity (Wildman–Crippen MR) is 61.6 cm³/mol. The maximum Gasteiger partial charge on any atom is 0.222 e. The van der Waals surface area contributed by atoms with Gasteiger partial charge in [0.05, 0.1) is 0 Å². The van der Waals surface area contributed by atoms with E-state index in [1.165, 1.54) is 0 Å². The Morgan fingerprint density at radius 1 is 1.40 bits per heavy atom. The maximum absolute atomic E-state index is 11.3. The van der Waals surface area contributed by atoms with E-state index in [4.69, 9.17) is 11.1 Å². The molecule has 1 atom stereocenters. The van der Waals surface area contributed by atoms with Gasteiger partial charge in [-0.1, -0.05) is 13.3 Å². The Morgan fingerprint density at radius 3 is 2.60 bits per heavy atom. The van der Waals surface area contributed by atoms with Crippen molar-refractivity contribution in [1.29, 1.82) is 5.41 Å². The van der Waals surface area contributed by atoms with Crippen LogP contribution in [-0.4, -0.2) is 25.0 Å². The van der Waals surface area contributed by atoms with E-state index < -0.39 is 0 Å². The zero-order chi connectivity index (χ0) is 11.7. The van der Waals surface area contributed by atoms with Crippen LogP contribution in [0, 0.1) is 11.3 Å². The summed E-state index contributed by atoms with van der Waals surface area (Å²) in [6.07, 6.45) is 2.79. The first kappa shape index (κ1) is 13.7. The number of hydrogen-bond donors (Lipinski definition) is 4. The van der Waals surface area contributed by atoms with Crippen molar-refractivity contribution in [3.05, 3.63) is 0 Å². The van der Waals surface area contributed by atoms with E-state index in [-0.39, 0.29) is 17.8 Å². The van der Waals surface area contributed by atoms with Gasteiger partial charge in [0, 0.05) is 19.0 Å². The van der Waals surface area contributed by atoms with Gasteiger partial charge in [-0.15, -0.1) is 0 Å². The number of unbranched alkanes of at least 4 members (excludes halogenated alkanes) is 1. The molecule has 0 heterocycles. The zero-order valence-corrected chi connectivity index (χ0v) is 9.60. The molecule has 5 heteroatoms. The summed E-state index contributed by atoms with van der Waals surface area (Å²) < 4.78 is 0. The van der Waals surface area contributed by atoms with Crippen LogP contribution in [0.4, 0.5) is 0 Å². The third kappa shape index (κ3) is 7.78. The molecule has 0 aromatic carbocycles. The van der Waals surface area contributed by atoms with Crippen molar-refractivity contribution in [2.24, 2.45) is 11.7 Å². The fourth-order valence-electron chi connectivity index (χ4n) is 1.28. The molecule has 0 rings (SSSR count). The number of amides is 1. The SMILES string of the molecule is CCNC(=O)C(C)CCCCNC(=N)N. The second-order valence-electron chi connectivity index (χ2n) is 3.63. The first-order valence-corrected chi connectivity index (χ1v) is 5.43. The van der Waals surface area contributed by atoms with Crippen LogP contribution < -0.4 is 16.4 Å². The molecule has 0 fully saturated rings. The van der Waals surface area contributed by atoms with E-state index in [1.54, 1.807) is 0 Å². The van der Waals surface area contributed by atoms with Crippen LogP contribution >= 0.6 is 0 Å². The third-order valence-electron chi connectivity index (χ3n) is 2.18. The summed E-state index contributed by atoms with van der Waals surface area (Å²) in [6.45, 7) is 5.25. The van der Waals surface area contributed by atoms with Crippen molar-refractivity contribution in [1.82, 2.24) is 10.6 Å². The summed E-state index contributed by atoms with van der Waals surface area (Å²) in [4.78, 5) is 11.3. The zero-order valence-electron chi connectivity index (χ0n) is 9.60. The smallest absolute Gasteiger partial charge is 0.222 e. The normalized spacial score (nSPS) is 11.9. The average molecular weight is 214 g/mol. The molecule has 0 radical (unpaired) electrons. The van der Waals surface area contributed by atoms with E-state index in [9.17, 15) is 4.79 Å². The molecular weight excluding hydrogens is 192 g/mol.